The van der Waals surface area contributed by atoms with Gasteiger partial charge in [0.25, 0.3) is 0 Å². The zero-order valence-corrected chi connectivity index (χ0v) is 11.7. The minimum absolute atomic E-state index is 0. The summed E-state index contributed by atoms with van der Waals surface area (Å²) < 4.78 is 5.74. The summed E-state index contributed by atoms with van der Waals surface area (Å²) in [6.45, 7) is 0.756. The summed E-state index contributed by atoms with van der Waals surface area (Å²) >= 11 is 0. The molecule has 1 rings (SSSR count). The maximum absolute atomic E-state index is 11.4. The van der Waals surface area contributed by atoms with Crippen LogP contribution < -0.4 is 0 Å². The Kier molecular flexibility index (Phi) is 6.29. The van der Waals surface area contributed by atoms with Gasteiger partial charge < -0.3 is 9.22 Å². The Morgan fingerprint density at radius 2 is 1.75 bits per heavy atom. The van der Waals surface area contributed by atoms with Gasteiger partial charge in [-0.25, -0.2) is 4.79 Å². The lowest BCUT2D eigenvalue weighted by atomic mass is 10.2. The van der Waals surface area contributed by atoms with Gasteiger partial charge in [0.2, 0.25) is 0 Å². The summed E-state index contributed by atoms with van der Waals surface area (Å²) in [6, 6.07) is 9.70. The Labute approximate surface area is 107 Å². The zero-order chi connectivity index (χ0) is 11.3. The van der Waals surface area contributed by atoms with Crippen LogP contribution in [0.2, 0.25) is 0 Å². The highest BCUT2D eigenvalue weighted by atomic mass is 79.9. The number of likely N-dealkylation sites (N-methyl/N-ethyl adjacent to an activating group) is 1. The van der Waals surface area contributed by atoms with Crippen LogP contribution >= 0.6 is 17.0 Å². The average Bonchev–Trinajstić information content (AvgIpc) is 2.14. The molecule has 0 amide bonds. The SMILES string of the molecule is Br.C[N+](C)(C)CC(=O)OCc1ccccc1. The van der Waals surface area contributed by atoms with E-state index in [0.29, 0.717) is 17.6 Å². The largest absolute Gasteiger partial charge is 0.457 e. The fourth-order valence-electron chi connectivity index (χ4n) is 1.17. The van der Waals surface area contributed by atoms with Gasteiger partial charge in [0, 0.05) is 0 Å². The maximum atomic E-state index is 11.4. The van der Waals surface area contributed by atoms with E-state index in [0.717, 1.165) is 5.56 Å². The van der Waals surface area contributed by atoms with E-state index in [9.17, 15) is 4.79 Å². The molecule has 0 bridgehead atoms. The van der Waals surface area contributed by atoms with Crippen molar-refractivity contribution < 1.29 is 14.0 Å². The van der Waals surface area contributed by atoms with Crippen LogP contribution in [0, 0.1) is 0 Å². The number of carbonyl (C=O) groups excluding carboxylic acids is 1. The van der Waals surface area contributed by atoms with Crippen molar-refractivity contribution in [3.8, 4) is 0 Å². The molecule has 3 nitrogen and oxygen atoms in total. The third-order valence-corrected chi connectivity index (χ3v) is 1.85. The van der Waals surface area contributed by atoms with Crippen LogP contribution in [0.1, 0.15) is 5.56 Å². The van der Waals surface area contributed by atoms with Crippen molar-refractivity contribution in [1.29, 1.82) is 0 Å². The number of hydrogen-bond donors (Lipinski definition) is 0. The van der Waals surface area contributed by atoms with Crippen molar-refractivity contribution in [2.75, 3.05) is 27.7 Å². The van der Waals surface area contributed by atoms with Gasteiger partial charge in [0.05, 0.1) is 21.1 Å². The number of rotatable bonds is 4. The molecule has 0 heterocycles. The Balaban J connectivity index is 0.00000225. The van der Waals surface area contributed by atoms with Crippen molar-refractivity contribution in [2.24, 2.45) is 0 Å². The van der Waals surface area contributed by atoms with E-state index in [1.165, 1.54) is 0 Å². The lowest BCUT2D eigenvalue weighted by Crippen LogP contribution is -2.40. The molecule has 0 N–H and O–H groups in total. The lowest BCUT2D eigenvalue weighted by molar-refractivity contribution is -0.862. The first-order chi connectivity index (χ1) is 6.97. The highest BCUT2D eigenvalue weighted by Gasteiger charge is 2.15. The molecule has 1 aromatic rings. The molecule has 0 atom stereocenters. The van der Waals surface area contributed by atoms with Crippen LogP contribution in [0.15, 0.2) is 30.3 Å². The van der Waals surface area contributed by atoms with Gasteiger partial charge in [-0.05, 0) is 5.56 Å². The van der Waals surface area contributed by atoms with E-state index in [-0.39, 0.29) is 23.0 Å². The van der Waals surface area contributed by atoms with Gasteiger partial charge in [-0.3, -0.25) is 0 Å². The number of hydrogen-bond acceptors (Lipinski definition) is 2. The Morgan fingerprint density at radius 3 is 2.25 bits per heavy atom. The topological polar surface area (TPSA) is 26.3 Å². The van der Waals surface area contributed by atoms with Gasteiger partial charge >= 0.3 is 5.97 Å². The molecule has 4 heteroatoms. The fraction of sp³-hybridized carbons (Fsp3) is 0.417. The summed E-state index contributed by atoms with van der Waals surface area (Å²) in [4.78, 5) is 11.4. The molecule has 0 aliphatic carbocycles. The van der Waals surface area contributed by atoms with E-state index in [1.807, 2.05) is 51.5 Å². The van der Waals surface area contributed by atoms with E-state index in [4.69, 9.17) is 4.74 Å². The van der Waals surface area contributed by atoms with Crippen molar-refractivity contribution in [1.82, 2.24) is 0 Å². The number of carbonyl (C=O) groups is 1. The number of nitrogens with zero attached hydrogens (tertiary/aromatic N) is 1. The number of quaternary nitrogens is 1. The quantitative estimate of drug-likeness (QED) is 0.626. The molecule has 90 valence electrons. The number of esters is 1. The van der Waals surface area contributed by atoms with Crippen molar-refractivity contribution in [3.05, 3.63) is 35.9 Å². The van der Waals surface area contributed by atoms with Crippen molar-refractivity contribution >= 4 is 23.0 Å². The predicted molar refractivity (Wildman–Crippen MR) is 69.5 cm³/mol. The molecule has 0 aromatic heterocycles. The predicted octanol–water partition coefficient (Wildman–Crippen LogP) is 2.01. The third-order valence-electron chi connectivity index (χ3n) is 1.85. The molecule has 0 unspecified atom stereocenters. The molecule has 0 aliphatic heterocycles. The monoisotopic (exact) mass is 288 g/mol. The highest BCUT2D eigenvalue weighted by Crippen LogP contribution is 2.01. The Hall–Kier alpha value is -0.870. The third kappa shape index (κ3) is 6.58. The van der Waals surface area contributed by atoms with Gasteiger partial charge in [-0.1, -0.05) is 30.3 Å². The fourth-order valence-corrected chi connectivity index (χ4v) is 1.17. The number of ether oxygens (including phenoxy) is 1. The number of benzene rings is 1. The average molecular weight is 289 g/mol. The Morgan fingerprint density at radius 1 is 1.19 bits per heavy atom. The van der Waals surface area contributed by atoms with E-state index >= 15 is 0 Å². The zero-order valence-electron chi connectivity index (χ0n) is 9.97. The first-order valence-corrected chi connectivity index (χ1v) is 4.97. The molecular formula is C12H19BrNO2+. The lowest BCUT2D eigenvalue weighted by Gasteiger charge is -2.22. The minimum atomic E-state index is -0.161. The highest BCUT2D eigenvalue weighted by molar-refractivity contribution is 8.93. The molecule has 0 saturated carbocycles. The van der Waals surface area contributed by atoms with Crippen molar-refractivity contribution in [2.45, 2.75) is 6.61 Å². The molecule has 0 radical (unpaired) electrons. The molecular weight excluding hydrogens is 270 g/mol. The van der Waals surface area contributed by atoms with Crippen LogP contribution in [0.3, 0.4) is 0 Å². The van der Waals surface area contributed by atoms with Crippen LogP contribution in [-0.2, 0) is 16.1 Å². The minimum Gasteiger partial charge on any atom is -0.457 e. The summed E-state index contributed by atoms with van der Waals surface area (Å²) in [6.07, 6.45) is 0. The normalized spacial score (nSPS) is 10.4. The summed E-state index contributed by atoms with van der Waals surface area (Å²) in [5, 5.41) is 0. The maximum Gasteiger partial charge on any atom is 0.362 e. The molecule has 0 saturated heterocycles. The first kappa shape index (κ1) is 15.1. The smallest absolute Gasteiger partial charge is 0.362 e. The van der Waals surface area contributed by atoms with Gasteiger partial charge in [-0.15, -0.1) is 17.0 Å². The Bertz CT molecular complexity index is 320. The summed E-state index contributed by atoms with van der Waals surface area (Å²) in [7, 11) is 5.89. The van der Waals surface area contributed by atoms with Gasteiger partial charge in [-0.2, -0.15) is 0 Å². The summed E-state index contributed by atoms with van der Waals surface area (Å²) in [5.74, 6) is -0.161. The van der Waals surface area contributed by atoms with Crippen molar-refractivity contribution in [3.63, 3.8) is 0 Å². The molecule has 0 aliphatic rings. The molecule has 16 heavy (non-hydrogen) atoms. The van der Waals surface area contributed by atoms with Crippen LogP contribution in [0.25, 0.3) is 0 Å². The van der Waals surface area contributed by atoms with Crippen LogP contribution in [0.4, 0.5) is 0 Å². The first-order valence-electron chi connectivity index (χ1n) is 4.97. The molecule has 0 spiro atoms. The summed E-state index contributed by atoms with van der Waals surface area (Å²) in [5.41, 5.74) is 1.02. The second-order valence-corrected chi connectivity index (χ2v) is 4.59. The second kappa shape index (κ2) is 6.66. The molecule has 0 fully saturated rings. The van der Waals surface area contributed by atoms with E-state index in [2.05, 4.69) is 0 Å². The van der Waals surface area contributed by atoms with E-state index in [1.54, 1.807) is 0 Å². The van der Waals surface area contributed by atoms with Crippen LogP contribution in [-0.4, -0.2) is 38.1 Å². The van der Waals surface area contributed by atoms with Gasteiger partial charge in [0.1, 0.15) is 6.61 Å². The second-order valence-electron chi connectivity index (χ2n) is 4.59. The van der Waals surface area contributed by atoms with E-state index < -0.39 is 0 Å². The van der Waals surface area contributed by atoms with Gasteiger partial charge in [0.15, 0.2) is 6.54 Å². The van der Waals surface area contributed by atoms with Crippen LogP contribution in [0.5, 0.6) is 0 Å². The molecule has 1 aromatic carbocycles. The number of halogens is 1. The standard InChI is InChI=1S/C12H18NO2.BrH/c1-13(2,3)9-12(14)15-10-11-7-5-4-6-8-11;/h4-8H,9-10H2,1-3H3;1H/q+1;.